The maximum Gasteiger partial charge on any atom is 0.244 e. The summed E-state index contributed by atoms with van der Waals surface area (Å²) < 4.78 is 0. The van der Waals surface area contributed by atoms with Gasteiger partial charge in [-0.25, -0.2) is 0 Å². The minimum Gasteiger partial charge on any atom is -0.368 e. The van der Waals surface area contributed by atoms with Gasteiger partial charge in [0.05, 0.1) is 12.1 Å². The molecule has 6 heteroatoms. The molecule has 1 aliphatic rings. The molecule has 1 fully saturated rings. The minimum absolute atomic E-state index is 0.0904. The molecule has 6 nitrogen and oxygen atoms in total. The number of anilines is 2. The molecule has 0 aliphatic heterocycles. The van der Waals surface area contributed by atoms with Gasteiger partial charge in [-0.1, -0.05) is 55.7 Å². The number of carbonyl (C=O) groups excluding carboxylic acids is 2. The van der Waals surface area contributed by atoms with Crippen LogP contribution in [-0.4, -0.2) is 23.9 Å². The Morgan fingerprint density at radius 3 is 2.39 bits per heavy atom. The van der Waals surface area contributed by atoms with E-state index in [1.54, 1.807) is 0 Å². The molecule has 0 spiro atoms. The van der Waals surface area contributed by atoms with E-state index in [-0.39, 0.29) is 12.5 Å². The fourth-order valence-corrected chi connectivity index (χ4v) is 3.68. The molecule has 1 aliphatic carbocycles. The van der Waals surface area contributed by atoms with Crippen molar-refractivity contribution in [2.75, 3.05) is 16.8 Å². The van der Waals surface area contributed by atoms with Crippen molar-refractivity contribution in [3.05, 3.63) is 60.2 Å². The molecule has 0 unspecified atom stereocenters. The summed E-state index contributed by atoms with van der Waals surface area (Å²) in [7, 11) is 0. The summed E-state index contributed by atoms with van der Waals surface area (Å²) in [4.78, 5) is 26.2. The van der Waals surface area contributed by atoms with Crippen molar-refractivity contribution in [2.45, 2.75) is 44.2 Å². The summed E-state index contributed by atoms with van der Waals surface area (Å²) in [6, 6.07) is 17.3. The molecule has 0 aromatic heterocycles. The number of hydrogen-bond donors (Lipinski definition) is 3. The highest BCUT2D eigenvalue weighted by molar-refractivity contribution is 5.98. The lowest BCUT2D eigenvalue weighted by molar-refractivity contribution is -0.122. The Labute approximate surface area is 165 Å². The molecule has 1 saturated carbocycles. The van der Waals surface area contributed by atoms with E-state index < -0.39 is 11.4 Å². The highest BCUT2D eigenvalue weighted by Crippen LogP contribution is 2.28. The molecule has 2 aromatic carbocycles. The van der Waals surface area contributed by atoms with Gasteiger partial charge in [0.25, 0.3) is 0 Å². The zero-order valence-corrected chi connectivity index (χ0v) is 16.1. The Balaban J connectivity index is 1.77. The van der Waals surface area contributed by atoms with Crippen molar-refractivity contribution in [2.24, 2.45) is 11.5 Å². The SMILES string of the molecule is NC(=O)CN(Cc1ccccc1)c1cccc(NC(=O)C2(N)CCCCC2)c1. The fourth-order valence-electron chi connectivity index (χ4n) is 3.68. The maximum atomic E-state index is 12.7. The predicted octanol–water partition coefficient (Wildman–Crippen LogP) is 2.78. The lowest BCUT2D eigenvalue weighted by Crippen LogP contribution is -2.52. The number of benzene rings is 2. The summed E-state index contributed by atoms with van der Waals surface area (Å²) >= 11 is 0. The first-order chi connectivity index (χ1) is 13.5. The second kappa shape index (κ2) is 8.89. The third-order valence-electron chi connectivity index (χ3n) is 5.23. The summed E-state index contributed by atoms with van der Waals surface area (Å²) in [6.45, 7) is 0.634. The first kappa shape index (κ1) is 19.9. The standard InChI is InChI=1S/C22H28N4O2/c23-20(27)16-26(15-17-8-3-1-4-9-17)19-11-7-10-18(14-19)25-21(28)22(24)12-5-2-6-13-22/h1,3-4,7-11,14H,2,5-6,12-13,15-16,24H2,(H2,23,27)(H,25,28). The quantitative estimate of drug-likeness (QED) is 0.687. The van der Waals surface area contributed by atoms with Gasteiger partial charge < -0.3 is 21.7 Å². The molecule has 0 heterocycles. The number of nitrogens with zero attached hydrogens (tertiary/aromatic N) is 1. The van der Waals surface area contributed by atoms with Crippen molar-refractivity contribution in [3.8, 4) is 0 Å². The molecular formula is C22H28N4O2. The van der Waals surface area contributed by atoms with Crippen LogP contribution in [-0.2, 0) is 16.1 Å². The van der Waals surface area contributed by atoms with E-state index in [0.717, 1.165) is 30.5 Å². The van der Waals surface area contributed by atoms with E-state index in [1.165, 1.54) is 0 Å². The molecule has 0 radical (unpaired) electrons. The summed E-state index contributed by atoms with van der Waals surface area (Å²) in [5.74, 6) is -0.553. The molecule has 0 atom stereocenters. The third kappa shape index (κ3) is 5.10. The van der Waals surface area contributed by atoms with Crippen LogP contribution in [0.15, 0.2) is 54.6 Å². The number of nitrogens with two attached hydrogens (primary N) is 2. The van der Waals surface area contributed by atoms with Crippen LogP contribution >= 0.6 is 0 Å². The van der Waals surface area contributed by atoms with E-state index in [9.17, 15) is 9.59 Å². The average Bonchev–Trinajstić information content (AvgIpc) is 2.69. The third-order valence-corrected chi connectivity index (χ3v) is 5.23. The molecule has 0 saturated heterocycles. The number of primary amides is 1. The smallest absolute Gasteiger partial charge is 0.244 e. The van der Waals surface area contributed by atoms with Gasteiger partial charge in [0.15, 0.2) is 0 Å². The predicted molar refractivity (Wildman–Crippen MR) is 112 cm³/mol. The van der Waals surface area contributed by atoms with Crippen molar-refractivity contribution < 1.29 is 9.59 Å². The summed E-state index contributed by atoms with van der Waals surface area (Å²) in [5, 5.41) is 2.96. The summed E-state index contributed by atoms with van der Waals surface area (Å²) in [6.07, 6.45) is 4.50. The van der Waals surface area contributed by atoms with E-state index in [2.05, 4.69) is 5.32 Å². The molecule has 28 heavy (non-hydrogen) atoms. The first-order valence-electron chi connectivity index (χ1n) is 9.74. The second-order valence-corrected chi connectivity index (χ2v) is 7.53. The van der Waals surface area contributed by atoms with Gasteiger partial charge in [0.1, 0.15) is 0 Å². The molecule has 5 N–H and O–H groups in total. The Morgan fingerprint density at radius 1 is 1.00 bits per heavy atom. The number of carbonyl (C=O) groups is 2. The Kier molecular flexibility index (Phi) is 6.31. The van der Waals surface area contributed by atoms with Gasteiger partial charge in [-0.3, -0.25) is 9.59 Å². The number of amides is 2. The average molecular weight is 380 g/mol. The number of hydrogen-bond acceptors (Lipinski definition) is 4. The zero-order valence-electron chi connectivity index (χ0n) is 16.1. The molecule has 0 bridgehead atoms. The molecule has 2 amide bonds. The van der Waals surface area contributed by atoms with Crippen molar-refractivity contribution in [1.29, 1.82) is 0 Å². The van der Waals surface area contributed by atoms with Gasteiger partial charge in [0.2, 0.25) is 11.8 Å². The minimum atomic E-state index is -0.800. The first-order valence-corrected chi connectivity index (χ1v) is 9.74. The van der Waals surface area contributed by atoms with Crippen LogP contribution < -0.4 is 21.7 Å². The monoisotopic (exact) mass is 380 g/mol. The van der Waals surface area contributed by atoms with E-state index in [1.807, 2.05) is 59.5 Å². The lowest BCUT2D eigenvalue weighted by Gasteiger charge is -2.32. The normalized spacial score (nSPS) is 15.6. The van der Waals surface area contributed by atoms with Crippen LogP contribution in [0.4, 0.5) is 11.4 Å². The number of nitrogens with one attached hydrogen (secondary N) is 1. The van der Waals surface area contributed by atoms with Gasteiger partial charge in [-0.2, -0.15) is 0 Å². The van der Waals surface area contributed by atoms with Crippen LogP contribution in [0, 0.1) is 0 Å². The van der Waals surface area contributed by atoms with Crippen LogP contribution in [0.2, 0.25) is 0 Å². The van der Waals surface area contributed by atoms with Crippen LogP contribution in [0.3, 0.4) is 0 Å². The van der Waals surface area contributed by atoms with Gasteiger partial charge in [0, 0.05) is 17.9 Å². The highest BCUT2D eigenvalue weighted by Gasteiger charge is 2.35. The fraction of sp³-hybridized carbons (Fsp3) is 0.364. The topological polar surface area (TPSA) is 101 Å². The van der Waals surface area contributed by atoms with Gasteiger partial charge in [-0.05, 0) is 36.6 Å². The Morgan fingerprint density at radius 2 is 1.71 bits per heavy atom. The largest absolute Gasteiger partial charge is 0.368 e. The molecule has 148 valence electrons. The van der Waals surface area contributed by atoms with Crippen molar-refractivity contribution in [3.63, 3.8) is 0 Å². The van der Waals surface area contributed by atoms with Crippen molar-refractivity contribution in [1.82, 2.24) is 0 Å². The van der Waals surface area contributed by atoms with E-state index in [0.29, 0.717) is 25.1 Å². The van der Waals surface area contributed by atoms with Gasteiger partial charge >= 0.3 is 0 Å². The van der Waals surface area contributed by atoms with E-state index in [4.69, 9.17) is 11.5 Å². The van der Waals surface area contributed by atoms with E-state index >= 15 is 0 Å². The molecule has 3 rings (SSSR count). The van der Waals surface area contributed by atoms with Gasteiger partial charge in [-0.15, -0.1) is 0 Å². The van der Waals surface area contributed by atoms with Crippen molar-refractivity contribution >= 4 is 23.2 Å². The Bertz CT molecular complexity index is 816. The maximum absolute atomic E-state index is 12.7. The molecular weight excluding hydrogens is 352 g/mol. The second-order valence-electron chi connectivity index (χ2n) is 7.53. The molecule has 2 aromatic rings. The summed E-state index contributed by atoms with van der Waals surface area (Å²) in [5.41, 5.74) is 13.5. The lowest BCUT2D eigenvalue weighted by atomic mass is 9.82. The zero-order chi connectivity index (χ0) is 20.0. The van der Waals surface area contributed by atoms with Crippen LogP contribution in [0.1, 0.15) is 37.7 Å². The van der Waals surface area contributed by atoms with Crippen LogP contribution in [0.25, 0.3) is 0 Å². The Hall–Kier alpha value is -2.86. The number of rotatable bonds is 7. The highest BCUT2D eigenvalue weighted by atomic mass is 16.2. The van der Waals surface area contributed by atoms with Crippen LogP contribution in [0.5, 0.6) is 0 Å².